The normalized spacial score (nSPS) is 12.3. The molecule has 0 aliphatic carbocycles. The van der Waals surface area contributed by atoms with E-state index in [-0.39, 0.29) is 21.1 Å². The van der Waals surface area contributed by atoms with Crippen LogP contribution in [-0.2, 0) is 27.6 Å². The number of hydrogen-bond donors (Lipinski definition) is 0. The Bertz CT molecular complexity index is 274. The van der Waals surface area contributed by atoms with Gasteiger partial charge in [-0.15, -0.1) is 0 Å². The molecule has 0 saturated carbocycles. The van der Waals surface area contributed by atoms with E-state index in [0.29, 0.717) is 11.1 Å². The fraction of sp³-hybridized carbons (Fsp3) is 0.455. The summed E-state index contributed by atoms with van der Waals surface area (Å²) in [5, 5.41) is 0.543. The molecule has 0 aliphatic rings. The van der Waals surface area contributed by atoms with Crippen molar-refractivity contribution in [2.45, 2.75) is 13.5 Å². The summed E-state index contributed by atoms with van der Waals surface area (Å²) < 4.78 is 0. The van der Waals surface area contributed by atoms with E-state index in [9.17, 15) is 0 Å². The van der Waals surface area contributed by atoms with Gasteiger partial charge in [-0.1, -0.05) is 24.6 Å². The first-order chi connectivity index (χ1) is 6.58. The number of hydrogen-bond acceptors (Lipinski definition) is 2. The summed E-state index contributed by atoms with van der Waals surface area (Å²) in [6.07, 6.45) is 1.81. The van der Waals surface area contributed by atoms with Crippen molar-refractivity contribution in [2.75, 3.05) is 13.6 Å². The van der Waals surface area contributed by atoms with Gasteiger partial charge in [0, 0.05) is 33.8 Å². The Morgan fingerprint density at radius 3 is 2.67 bits per heavy atom. The maximum absolute atomic E-state index is 5.70. The van der Waals surface area contributed by atoms with Gasteiger partial charge in [0.2, 0.25) is 0 Å². The molecule has 2 nitrogen and oxygen atoms in total. The van der Waals surface area contributed by atoms with Gasteiger partial charge in [-0.05, 0) is 25.2 Å². The summed E-state index contributed by atoms with van der Waals surface area (Å²) in [5.41, 5.74) is 1.18. The third kappa shape index (κ3) is 6.29. The second-order valence-corrected chi connectivity index (χ2v) is 4.18. The molecule has 1 aromatic rings. The molecule has 0 amide bonds. The van der Waals surface area contributed by atoms with Gasteiger partial charge in [-0.25, -0.2) is 4.98 Å². The molecule has 1 unspecified atom stereocenters. The van der Waals surface area contributed by atoms with Gasteiger partial charge in [0.05, 0.1) is 0 Å². The summed E-state index contributed by atoms with van der Waals surface area (Å²) in [5.74, 6) is 0.445. The van der Waals surface area contributed by atoms with E-state index in [1.807, 2.05) is 18.3 Å². The number of nitrogens with zero attached hydrogens (tertiary/aromatic N) is 2. The van der Waals surface area contributed by atoms with Crippen molar-refractivity contribution in [2.24, 2.45) is 5.92 Å². The van der Waals surface area contributed by atoms with Crippen LogP contribution in [0.1, 0.15) is 12.5 Å². The maximum Gasteiger partial charge on any atom is 0.129 e. The third-order valence-electron chi connectivity index (χ3n) is 1.86. The van der Waals surface area contributed by atoms with Crippen LogP contribution in [0.4, 0.5) is 0 Å². The third-order valence-corrected chi connectivity index (χ3v) is 2.09. The first-order valence-corrected chi connectivity index (χ1v) is 5.08. The Balaban J connectivity index is 0.00000196. The molecule has 84 valence electrons. The molecule has 0 saturated heterocycles. The molecule has 0 N–H and O–H groups in total. The van der Waals surface area contributed by atoms with Crippen LogP contribution < -0.4 is 0 Å². The van der Waals surface area contributed by atoms with Gasteiger partial charge in [0.1, 0.15) is 5.15 Å². The monoisotopic (exact) mass is 395 g/mol. The molecule has 1 aromatic heterocycles. The van der Waals surface area contributed by atoms with E-state index in [2.05, 4.69) is 30.8 Å². The molecular weight excluding hydrogens is 379 g/mol. The molecular formula is C11H16ClN2W-. The van der Waals surface area contributed by atoms with Crippen LogP contribution in [0.25, 0.3) is 0 Å². The Hall–Kier alpha value is 0.0883. The zero-order valence-corrected chi connectivity index (χ0v) is 12.8. The molecule has 0 fully saturated rings. The Morgan fingerprint density at radius 1 is 1.53 bits per heavy atom. The van der Waals surface area contributed by atoms with Gasteiger partial charge in [0.15, 0.2) is 0 Å². The van der Waals surface area contributed by atoms with E-state index < -0.39 is 0 Å². The fourth-order valence-corrected chi connectivity index (χ4v) is 1.52. The molecule has 0 aliphatic heterocycles. The molecule has 0 spiro atoms. The molecule has 1 heterocycles. The summed E-state index contributed by atoms with van der Waals surface area (Å²) in [6, 6.07) is 3.82. The maximum atomic E-state index is 5.70. The topological polar surface area (TPSA) is 16.1 Å². The van der Waals surface area contributed by atoms with Crippen molar-refractivity contribution in [3.8, 4) is 0 Å². The number of aromatic nitrogens is 1. The van der Waals surface area contributed by atoms with Gasteiger partial charge < -0.3 is 11.8 Å². The summed E-state index contributed by atoms with van der Waals surface area (Å²) >= 11 is 5.70. The average molecular weight is 396 g/mol. The standard InChI is InChI=1S/C11H16ClN2.W/c1-9(2)7-14(3)8-10-4-5-11(12)13-6-10;/h4-6,9H,1,7-8H2,2-3H3;/q-1;. The van der Waals surface area contributed by atoms with Gasteiger partial charge in [0.25, 0.3) is 0 Å². The van der Waals surface area contributed by atoms with Gasteiger partial charge >= 0.3 is 0 Å². The number of halogens is 1. The average Bonchev–Trinajstić information content (AvgIpc) is 2.07. The molecule has 0 aromatic carbocycles. The van der Waals surface area contributed by atoms with Crippen molar-refractivity contribution in [1.82, 2.24) is 9.88 Å². The van der Waals surface area contributed by atoms with Crippen LogP contribution in [-0.4, -0.2) is 23.5 Å². The summed E-state index contributed by atoms with van der Waals surface area (Å²) in [7, 11) is 2.08. The van der Waals surface area contributed by atoms with Gasteiger partial charge in [-0.3, -0.25) is 0 Å². The molecule has 1 atom stereocenters. The van der Waals surface area contributed by atoms with E-state index in [1.165, 1.54) is 5.56 Å². The van der Waals surface area contributed by atoms with Crippen molar-refractivity contribution in [1.29, 1.82) is 0 Å². The predicted octanol–water partition coefficient (Wildman–Crippen LogP) is 2.63. The first-order valence-electron chi connectivity index (χ1n) is 4.70. The van der Waals surface area contributed by atoms with E-state index in [4.69, 9.17) is 11.6 Å². The fourth-order valence-electron chi connectivity index (χ4n) is 1.41. The largest absolute Gasteiger partial charge is 0.339 e. The zero-order chi connectivity index (χ0) is 10.6. The van der Waals surface area contributed by atoms with E-state index >= 15 is 0 Å². The van der Waals surface area contributed by atoms with Gasteiger partial charge in [-0.2, -0.15) is 5.92 Å². The molecule has 0 radical (unpaired) electrons. The summed E-state index contributed by atoms with van der Waals surface area (Å²) in [6.45, 7) is 7.95. The Labute approximate surface area is 111 Å². The number of rotatable bonds is 4. The minimum atomic E-state index is 0. The minimum Gasteiger partial charge on any atom is -0.339 e. The summed E-state index contributed by atoms with van der Waals surface area (Å²) in [4.78, 5) is 6.26. The van der Waals surface area contributed by atoms with Crippen molar-refractivity contribution in [3.05, 3.63) is 36.0 Å². The Morgan fingerprint density at radius 2 is 2.20 bits per heavy atom. The van der Waals surface area contributed by atoms with Crippen molar-refractivity contribution >= 4 is 11.6 Å². The van der Waals surface area contributed by atoms with E-state index in [1.54, 1.807) is 0 Å². The second kappa shape index (κ2) is 7.38. The quantitative estimate of drug-likeness (QED) is 0.576. The molecule has 4 heteroatoms. The van der Waals surface area contributed by atoms with Crippen LogP contribution >= 0.6 is 11.6 Å². The molecule has 0 bridgehead atoms. The van der Waals surface area contributed by atoms with Crippen LogP contribution in [0, 0.1) is 12.8 Å². The first kappa shape index (κ1) is 15.1. The zero-order valence-electron chi connectivity index (χ0n) is 9.11. The van der Waals surface area contributed by atoms with Crippen molar-refractivity contribution in [3.63, 3.8) is 0 Å². The van der Waals surface area contributed by atoms with Crippen LogP contribution in [0.3, 0.4) is 0 Å². The van der Waals surface area contributed by atoms with Crippen LogP contribution in [0.5, 0.6) is 0 Å². The Kier molecular flexibility index (Phi) is 7.42. The molecule has 1 rings (SSSR count). The van der Waals surface area contributed by atoms with E-state index in [0.717, 1.165) is 13.1 Å². The molecule has 15 heavy (non-hydrogen) atoms. The minimum absolute atomic E-state index is 0. The smallest absolute Gasteiger partial charge is 0.129 e. The van der Waals surface area contributed by atoms with Crippen LogP contribution in [0.15, 0.2) is 18.3 Å². The van der Waals surface area contributed by atoms with Crippen LogP contribution in [0.2, 0.25) is 5.15 Å². The van der Waals surface area contributed by atoms with Crippen molar-refractivity contribution < 1.29 is 21.1 Å². The predicted molar refractivity (Wildman–Crippen MR) is 60.1 cm³/mol. The SMILES string of the molecule is [CH2-]C(C)CN(C)Cc1ccc(Cl)nc1.[W]. The number of pyridine rings is 1. The second-order valence-electron chi connectivity index (χ2n) is 3.79.